The van der Waals surface area contributed by atoms with Crippen LogP contribution in [0.2, 0.25) is 0 Å². The molecule has 1 N–H and O–H groups in total. The molecule has 0 fully saturated rings. The molecule has 21 heavy (non-hydrogen) atoms. The van der Waals surface area contributed by atoms with Crippen LogP contribution in [0.1, 0.15) is 59.9 Å². The summed E-state index contributed by atoms with van der Waals surface area (Å²) in [5.74, 6) is 1.74. The molecule has 0 saturated heterocycles. The maximum absolute atomic E-state index is 5.79. The normalized spacial score (nSPS) is 13.5. The minimum Gasteiger partial charge on any atom is -0.492 e. The number of rotatable bonds is 8. The van der Waals surface area contributed by atoms with Gasteiger partial charge in [0.05, 0.1) is 0 Å². The van der Waals surface area contributed by atoms with Gasteiger partial charge in [0.15, 0.2) is 0 Å². The molecule has 1 unspecified atom stereocenters. The van der Waals surface area contributed by atoms with Crippen LogP contribution in [0.15, 0.2) is 24.3 Å². The molecule has 120 valence electrons. The van der Waals surface area contributed by atoms with Crippen molar-refractivity contribution in [2.45, 2.75) is 65.8 Å². The van der Waals surface area contributed by atoms with Crippen LogP contribution in [-0.4, -0.2) is 19.2 Å². The summed E-state index contributed by atoms with van der Waals surface area (Å²) in [5, 5.41) is 3.52. The summed E-state index contributed by atoms with van der Waals surface area (Å²) < 4.78 is 5.79. The molecular formula is C19H33NO. The predicted molar refractivity (Wildman–Crippen MR) is 92.2 cm³/mol. The Morgan fingerprint density at radius 3 is 2.14 bits per heavy atom. The van der Waals surface area contributed by atoms with Gasteiger partial charge in [-0.2, -0.15) is 0 Å². The lowest BCUT2D eigenvalue weighted by atomic mass is 9.87. The monoisotopic (exact) mass is 291 g/mol. The van der Waals surface area contributed by atoms with Gasteiger partial charge < -0.3 is 10.1 Å². The highest BCUT2D eigenvalue weighted by molar-refractivity contribution is 5.31. The van der Waals surface area contributed by atoms with Crippen LogP contribution in [0, 0.1) is 5.92 Å². The zero-order valence-electron chi connectivity index (χ0n) is 14.7. The van der Waals surface area contributed by atoms with E-state index in [1.165, 1.54) is 18.4 Å². The van der Waals surface area contributed by atoms with Crippen molar-refractivity contribution in [2.75, 3.05) is 13.2 Å². The van der Waals surface area contributed by atoms with Crippen molar-refractivity contribution >= 4 is 0 Å². The maximum Gasteiger partial charge on any atom is 0.119 e. The topological polar surface area (TPSA) is 21.3 Å². The predicted octanol–water partition coefficient (Wildman–Crippen LogP) is 4.78. The van der Waals surface area contributed by atoms with Gasteiger partial charge in [0.2, 0.25) is 0 Å². The van der Waals surface area contributed by atoms with Crippen molar-refractivity contribution in [1.29, 1.82) is 0 Å². The minimum atomic E-state index is 0.200. The van der Waals surface area contributed by atoms with E-state index in [4.69, 9.17) is 4.74 Å². The van der Waals surface area contributed by atoms with Crippen LogP contribution in [0.3, 0.4) is 0 Å². The highest BCUT2D eigenvalue weighted by atomic mass is 16.5. The van der Waals surface area contributed by atoms with Crippen LogP contribution in [0.4, 0.5) is 0 Å². The zero-order chi connectivity index (χ0) is 15.9. The fourth-order valence-corrected chi connectivity index (χ4v) is 2.21. The van der Waals surface area contributed by atoms with Gasteiger partial charge >= 0.3 is 0 Å². The highest BCUT2D eigenvalue weighted by Gasteiger charge is 2.12. The Morgan fingerprint density at radius 1 is 1.00 bits per heavy atom. The molecule has 2 heteroatoms. The van der Waals surface area contributed by atoms with Crippen LogP contribution >= 0.6 is 0 Å². The molecule has 0 bridgehead atoms. The third-order valence-corrected chi connectivity index (χ3v) is 3.76. The van der Waals surface area contributed by atoms with Crippen molar-refractivity contribution in [1.82, 2.24) is 5.32 Å². The van der Waals surface area contributed by atoms with E-state index >= 15 is 0 Å². The Morgan fingerprint density at radius 2 is 1.62 bits per heavy atom. The zero-order valence-corrected chi connectivity index (χ0v) is 14.7. The third kappa shape index (κ3) is 7.52. The summed E-state index contributed by atoms with van der Waals surface area (Å²) in [6, 6.07) is 9.03. The van der Waals surface area contributed by atoms with E-state index in [2.05, 4.69) is 71.1 Å². The first-order valence-electron chi connectivity index (χ1n) is 8.25. The Hall–Kier alpha value is -1.02. The SMILES string of the molecule is CC(C)CCC(C)NCCOc1ccc(C(C)(C)C)cc1. The molecule has 0 aliphatic rings. The highest BCUT2D eigenvalue weighted by Crippen LogP contribution is 2.24. The Kier molecular flexibility index (Phi) is 7.24. The van der Waals surface area contributed by atoms with Crippen molar-refractivity contribution in [3.05, 3.63) is 29.8 Å². The lowest BCUT2D eigenvalue weighted by molar-refractivity contribution is 0.302. The molecule has 1 atom stereocenters. The van der Waals surface area contributed by atoms with Gasteiger partial charge in [-0.15, -0.1) is 0 Å². The van der Waals surface area contributed by atoms with E-state index in [0.717, 1.165) is 24.8 Å². The van der Waals surface area contributed by atoms with Gasteiger partial charge in [-0.1, -0.05) is 46.8 Å². The van der Waals surface area contributed by atoms with Crippen molar-refractivity contribution in [3.63, 3.8) is 0 Å². The average molecular weight is 291 g/mol. The summed E-state index contributed by atoms with van der Waals surface area (Å²) in [7, 11) is 0. The first kappa shape index (κ1) is 18.0. The Labute approximate surface area is 131 Å². The van der Waals surface area contributed by atoms with Gasteiger partial charge in [-0.05, 0) is 48.8 Å². The lowest BCUT2D eigenvalue weighted by Crippen LogP contribution is -2.30. The average Bonchev–Trinajstić information content (AvgIpc) is 2.41. The smallest absolute Gasteiger partial charge is 0.119 e. The molecular weight excluding hydrogens is 258 g/mol. The van der Waals surface area contributed by atoms with Gasteiger partial charge in [0.1, 0.15) is 12.4 Å². The number of hydrogen-bond donors (Lipinski definition) is 1. The molecule has 0 radical (unpaired) electrons. The molecule has 0 spiro atoms. The summed E-state index contributed by atoms with van der Waals surface area (Å²) in [6.07, 6.45) is 2.52. The number of hydrogen-bond acceptors (Lipinski definition) is 2. The largest absolute Gasteiger partial charge is 0.492 e. The summed E-state index contributed by atoms with van der Waals surface area (Å²) >= 11 is 0. The van der Waals surface area contributed by atoms with Gasteiger partial charge in [0, 0.05) is 12.6 Å². The fraction of sp³-hybridized carbons (Fsp3) is 0.684. The van der Waals surface area contributed by atoms with Crippen LogP contribution in [0.5, 0.6) is 5.75 Å². The van der Waals surface area contributed by atoms with Crippen LogP contribution < -0.4 is 10.1 Å². The molecule has 0 heterocycles. The second-order valence-electron chi connectivity index (χ2n) is 7.45. The van der Waals surface area contributed by atoms with E-state index in [0.29, 0.717) is 6.04 Å². The Bertz CT molecular complexity index is 389. The first-order chi connectivity index (χ1) is 9.79. The third-order valence-electron chi connectivity index (χ3n) is 3.76. The first-order valence-corrected chi connectivity index (χ1v) is 8.25. The summed E-state index contributed by atoms with van der Waals surface area (Å²) in [4.78, 5) is 0. The minimum absolute atomic E-state index is 0.200. The Balaban J connectivity index is 2.24. The van der Waals surface area contributed by atoms with Crippen molar-refractivity contribution in [3.8, 4) is 5.75 Å². The van der Waals surface area contributed by atoms with E-state index in [-0.39, 0.29) is 5.41 Å². The maximum atomic E-state index is 5.79. The lowest BCUT2D eigenvalue weighted by Gasteiger charge is -2.19. The molecule has 2 nitrogen and oxygen atoms in total. The second-order valence-corrected chi connectivity index (χ2v) is 7.45. The standard InChI is InChI=1S/C19H33NO/c1-15(2)7-8-16(3)20-13-14-21-18-11-9-17(10-12-18)19(4,5)6/h9-12,15-16,20H,7-8,13-14H2,1-6H3. The van der Waals surface area contributed by atoms with Crippen molar-refractivity contribution in [2.24, 2.45) is 5.92 Å². The van der Waals surface area contributed by atoms with Crippen molar-refractivity contribution < 1.29 is 4.74 Å². The molecule has 0 aliphatic heterocycles. The van der Waals surface area contributed by atoms with Gasteiger partial charge in [-0.25, -0.2) is 0 Å². The van der Waals surface area contributed by atoms with E-state index in [9.17, 15) is 0 Å². The molecule has 0 saturated carbocycles. The van der Waals surface area contributed by atoms with Gasteiger partial charge in [0.25, 0.3) is 0 Å². The molecule has 1 aromatic rings. The molecule has 0 aliphatic carbocycles. The molecule has 1 rings (SSSR count). The van der Waals surface area contributed by atoms with E-state index in [1.807, 2.05) is 0 Å². The van der Waals surface area contributed by atoms with Crippen LogP contribution in [-0.2, 0) is 5.41 Å². The quantitative estimate of drug-likeness (QED) is 0.696. The number of benzene rings is 1. The van der Waals surface area contributed by atoms with Crippen LogP contribution in [0.25, 0.3) is 0 Å². The number of ether oxygens (including phenoxy) is 1. The molecule has 0 amide bonds. The second kappa shape index (κ2) is 8.43. The molecule has 0 aromatic heterocycles. The summed E-state index contributed by atoms with van der Waals surface area (Å²) in [5.41, 5.74) is 1.54. The fourth-order valence-electron chi connectivity index (χ4n) is 2.21. The van der Waals surface area contributed by atoms with Gasteiger partial charge in [-0.3, -0.25) is 0 Å². The number of nitrogens with one attached hydrogen (secondary N) is 1. The summed E-state index contributed by atoms with van der Waals surface area (Å²) in [6.45, 7) is 15.1. The van der Waals surface area contributed by atoms with E-state index in [1.54, 1.807) is 0 Å². The van der Waals surface area contributed by atoms with E-state index < -0.39 is 0 Å². The molecule has 1 aromatic carbocycles.